The first-order valence-electron chi connectivity index (χ1n) is 9.96. The molecule has 0 amide bonds. The zero-order valence-corrected chi connectivity index (χ0v) is 19.7. The molecule has 32 heavy (non-hydrogen) atoms. The molecule has 0 aliphatic rings. The highest BCUT2D eigenvalue weighted by molar-refractivity contribution is 7.95. The standard InChI is InChI=1S/C27H20NO2P.BrH/c28-19-22-17-16-21(18-26(22)27(29)30)20-31(23-10-4-1-5-11-23,24-12-6-2-7-13-24)25-14-8-3-9-15-25;/h1-18H,20H2;1H. The lowest BCUT2D eigenvalue weighted by Gasteiger charge is -2.28. The third-order valence-corrected chi connectivity index (χ3v) is 9.82. The van der Waals surface area contributed by atoms with Crippen molar-refractivity contribution in [3.05, 3.63) is 126 Å². The Bertz CT molecular complexity index is 1140. The topological polar surface area (TPSA) is 61.1 Å². The van der Waals surface area contributed by atoms with Gasteiger partial charge < -0.3 is 22.1 Å². The quantitative estimate of drug-likeness (QED) is 0.409. The number of rotatable bonds is 6. The summed E-state index contributed by atoms with van der Waals surface area (Å²) in [6.45, 7) is 0. The van der Waals surface area contributed by atoms with Gasteiger partial charge in [0.2, 0.25) is 0 Å². The van der Waals surface area contributed by atoms with Gasteiger partial charge in [0, 0.05) is 0 Å². The van der Waals surface area contributed by atoms with Gasteiger partial charge in [-0.25, -0.2) is 4.79 Å². The van der Waals surface area contributed by atoms with Gasteiger partial charge in [-0.3, -0.25) is 0 Å². The largest absolute Gasteiger partial charge is 1.00 e. The van der Waals surface area contributed by atoms with Crippen molar-refractivity contribution in [2.24, 2.45) is 0 Å². The van der Waals surface area contributed by atoms with E-state index in [-0.39, 0.29) is 28.1 Å². The van der Waals surface area contributed by atoms with E-state index in [9.17, 15) is 15.2 Å². The van der Waals surface area contributed by atoms with Crippen LogP contribution in [-0.2, 0) is 6.16 Å². The fraction of sp³-hybridized carbons (Fsp3) is 0.0370. The minimum atomic E-state index is -2.12. The number of benzene rings is 4. The Kier molecular flexibility index (Phi) is 7.59. The van der Waals surface area contributed by atoms with Crippen LogP contribution in [0.3, 0.4) is 0 Å². The minimum Gasteiger partial charge on any atom is -1.00 e. The van der Waals surface area contributed by atoms with Crippen molar-refractivity contribution in [1.82, 2.24) is 0 Å². The molecule has 0 atom stereocenters. The highest BCUT2D eigenvalue weighted by atomic mass is 79.9. The van der Waals surface area contributed by atoms with Crippen LogP contribution in [0.25, 0.3) is 0 Å². The normalized spacial score (nSPS) is 10.6. The van der Waals surface area contributed by atoms with Gasteiger partial charge in [-0.1, -0.05) is 60.7 Å². The zero-order valence-electron chi connectivity index (χ0n) is 17.2. The molecule has 158 valence electrons. The Labute approximate surface area is 199 Å². The molecule has 0 unspecified atom stereocenters. The molecule has 5 heteroatoms. The van der Waals surface area contributed by atoms with Crippen molar-refractivity contribution < 1.29 is 26.9 Å². The number of nitrogens with zero attached hydrogens (tertiary/aromatic N) is 1. The van der Waals surface area contributed by atoms with Gasteiger partial charge in [0.25, 0.3) is 0 Å². The average molecular weight is 502 g/mol. The summed E-state index contributed by atoms with van der Waals surface area (Å²) in [7, 11) is -2.12. The van der Waals surface area contributed by atoms with Crippen molar-refractivity contribution in [2.45, 2.75) is 6.16 Å². The Balaban J connectivity index is 0.00000289. The predicted molar refractivity (Wildman–Crippen MR) is 127 cm³/mol. The third-order valence-electron chi connectivity index (χ3n) is 5.45. The molecule has 0 saturated heterocycles. The molecule has 0 bridgehead atoms. The molecule has 0 saturated carbocycles. The van der Waals surface area contributed by atoms with Crippen molar-refractivity contribution in [3.8, 4) is 6.07 Å². The predicted octanol–water partition coefficient (Wildman–Crippen LogP) is 1.75. The molecule has 1 N–H and O–H groups in total. The van der Waals surface area contributed by atoms with E-state index in [2.05, 4.69) is 72.8 Å². The first-order valence-corrected chi connectivity index (χ1v) is 11.9. The maximum absolute atomic E-state index is 11.8. The highest BCUT2D eigenvalue weighted by Gasteiger charge is 2.45. The summed E-state index contributed by atoms with van der Waals surface area (Å²) in [5.41, 5.74) is 1.13. The van der Waals surface area contributed by atoms with Crippen molar-refractivity contribution in [2.75, 3.05) is 0 Å². The second kappa shape index (κ2) is 10.4. The lowest BCUT2D eigenvalue weighted by Crippen LogP contribution is -3.00. The Hall–Kier alpha value is -3.25. The van der Waals surface area contributed by atoms with Crippen LogP contribution in [0.1, 0.15) is 21.5 Å². The smallest absolute Gasteiger partial charge is 0.337 e. The number of carboxylic acid groups (broad SMARTS) is 1. The first-order chi connectivity index (χ1) is 15.1. The van der Waals surface area contributed by atoms with Crippen LogP contribution >= 0.6 is 7.26 Å². The van der Waals surface area contributed by atoms with Crippen LogP contribution in [0.5, 0.6) is 0 Å². The van der Waals surface area contributed by atoms with E-state index in [1.807, 2.05) is 30.3 Å². The molecule has 0 aliphatic heterocycles. The van der Waals surface area contributed by atoms with Gasteiger partial charge in [0.1, 0.15) is 29.2 Å². The van der Waals surface area contributed by atoms with Gasteiger partial charge >= 0.3 is 5.97 Å². The van der Waals surface area contributed by atoms with Crippen LogP contribution < -0.4 is 32.9 Å². The molecule has 4 aromatic rings. The number of hydrogen-bond acceptors (Lipinski definition) is 2. The summed E-state index contributed by atoms with van der Waals surface area (Å²) in [5.74, 6) is -1.08. The Morgan fingerprint density at radius 2 is 1.19 bits per heavy atom. The molecule has 0 spiro atoms. The number of hydrogen-bond donors (Lipinski definition) is 1. The number of aromatic carboxylic acids is 1. The van der Waals surface area contributed by atoms with E-state index in [1.165, 1.54) is 15.9 Å². The summed E-state index contributed by atoms with van der Waals surface area (Å²) >= 11 is 0. The SMILES string of the molecule is N#Cc1ccc(C[P+](c2ccccc2)(c2ccccc2)c2ccccc2)cc1C(=O)O.[Br-]. The molecule has 0 heterocycles. The summed E-state index contributed by atoms with van der Waals surface area (Å²) in [6, 6.07) is 38.5. The van der Waals surface area contributed by atoms with Crippen LogP contribution in [0.15, 0.2) is 109 Å². The van der Waals surface area contributed by atoms with Gasteiger partial charge in [0.15, 0.2) is 0 Å². The number of carboxylic acids is 1. The molecule has 4 aromatic carbocycles. The maximum atomic E-state index is 11.8. The number of nitriles is 1. The molecule has 0 radical (unpaired) electrons. The van der Waals surface area contributed by atoms with E-state index in [4.69, 9.17) is 0 Å². The van der Waals surface area contributed by atoms with E-state index < -0.39 is 13.2 Å². The average Bonchev–Trinajstić information content (AvgIpc) is 2.84. The lowest BCUT2D eigenvalue weighted by molar-refractivity contribution is -0.0000218. The van der Waals surface area contributed by atoms with Gasteiger partial charge in [-0.2, -0.15) is 5.26 Å². The number of halogens is 1. The first kappa shape index (κ1) is 23.4. The Morgan fingerprint density at radius 3 is 1.56 bits per heavy atom. The third kappa shape index (κ3) is 4.50. The van der Waals surface area contributed by atoms with Gasteiger partial charge in [-0.05, 0) is 54.1 Å². The summed E-state index contributed by atoms with van der Waals surface area (Å²) in [4.78, 5) is 11.8. The summed E-state index contributed by atoms with van der Waals surface area (Å²) in [6.07, 6.45) is 0.664. The van der Waals surface area contributed by atoms with Crippen LogP contribution in [-0.4, -0.2) is 11.1 Å². The van der Waals surface area contributed by atoms with Gasteiger partial charge in [-0.15, -0.1) is 0 Å². The van der Waals surface area contributed by atoms with E-state index in [0.29, 0.717) is 6.16 Å². The minimum absolute atomic E-state index is 0. The highest BCUT2D eigenvalue weighted by Crippen LogP contribution is 2.58. The van der Waals surface area contributed by atoms with Crippen molar-refractivity contribution in [1.29, 1.82) is 5.26 Å². The van der Waals surface area contributed by atoms with Crippen molar-refractivity contribution in [3.63, 3.8) is 0 Å². The van der Waals surface area contributed by atoms with Gasteiger partial charge in [0.05, 0.1) is 17.3 Å². The maximum Gasteiger partial charge on any atom is 0.337 e. The van der Waals surface area contributed by atoms with Crippen LogP contribution in [0.2, 0.25) is 0 Å². The summed E-state index contributed by atoms with van der Waals surface area (Å²) < 4.78 is 0. The molecule has 4 rings (SSSR count). The van der Waals surface area contributed by atoms with Crippen molar-refractivity contribution >= 4 is 29.1 Å². The molecule has 0 aromatic heterocycles. The fourth-order valence-corrected chi connectivity index (χ4v) is 8.24. The fourth-order valence-electron chi connectivity index (χ4n) is 4.01. The van der Waals surface area contributed by atoms with E-state index in [1.54, 1.807) is 12.1 Å². The summed E-state index contributed by atoms with van der Waals surface area (Å²) in [5, 5.41) is 22.6. The van der Waals surface area contributed by atoms with E-state index >= 15 is 0 Å². The lowest BCUT2D eigenvalue weighted by atomic mass is 10.1. The van der Waals surface area contributed by atoms with Crippen LogP contribution in [0, 0.1) is 11.3 Å². The van der Waals surface area contributed by atoms with Crippen LogP contribution in [0.4, 0.5) is 0 Å². The monoisotopic (exact) mass is 501 g/mol. The molecule has 0 aliphatic carbocycles. The molecular formula is C27H21BrNO2P. The second-order valence-corrected chi connectivity index (χ2v) is 10.8. The second-order valence-electron chi connectivity index (χ2n) is 7.27. The molecule has 0 fully saturated rings. The number of carbonyl (C=O) groups is 1. The zero-order chi connectivity index (χ0) is 21.7. The van der Waals surface area contributed by atoms with E-state index in [0.717, 1.165) is 5.56 Å². The molecular weight excluding hydrogens is 481 g/mol. The Morgan fingerprint density at radius 1 is 0.750 bits per heavy atom. The molecule has 3 nitrogen and oxygen atoms in total.